The number of likely N-dealkylation sites (tertiary alicyclic amines) is 1. The molecule has 2 rings (SSSR count). The van der Waals surface area contributed by atoms with Gasteiger partial charge in [0.25, 0.3) is 0 Å². The number of rotatable bonds is 3. The number of β-amino-alcohol motifs (C(OH)–C–C–N with tert-alkyl or cyclic N) is 1. The maximum absolute atomic E-state index is 11.6. The molecule has 1 aliphatic rings. The molecule has 1 unspecified atom stereocenters. The number of carbonyl (C=O) groups is 2. The maximum atomic E-state index is 11.6. The third kappa shape index (κ3) is 2.68. The monoisotopic (exact) mass is 261 g/mol. The first-order chi connectivity index (χ1) is 8.90. The van der Waals surface area contributed by atoms with Crippen LogP contribution < -0.4 is 0 Å². The molecule has 0 radical (unpaired) electrons. The Balaban J connectivity index is 2.23. The van der Waals surface area contributed by atoms with Crippen LogP contribution in [0.15, 0.2) is 12.1 Å². The van der Waals surface area contributed by atoms with Gasteiger partial charge in [-0.25, -0.2) is 0 Å². The molecule has 0 saturated carbocycles. The van der Waals surface area contributed by atoms with Crippen LogP contribution in [-0.2, 0) is 9.59 Å². The molecule has 1 aromatic carbocycles. The summed E-state index contributed by atoms with van der Waals surface area (Å²) in [4.78, 5) is 24.3. The van der Waals surface area contributed by atoms with Crippen LogP contribution >= 0.6 is 0 Å². The second kappa shape index (κ2) is 5.13. The summed E-state index contributed by atoms with van der Waals surface area (Å²) in [6, 6.07) is 4.00. The van der Waals surface area contributed by atoms with Gasteiger partial charge in [0.2, 0.25) is 11.8 Å². The van der Waals surface area contributed by atoms with E-state index in [9.17, 15) is 14.7 Å². The number of aryl methyl sites for hydroxylation is 3. The summed E-state index contributed by atoms with van der Waals surface area (Å²) >= 11 is 0. The molecule has 1 fully saturated rings. The smallest absolute Gasteiger partial charge is 0.229 e. The molecule has 19 heavy (non-hydrogen) atoms. The zero-order valence-corrected chi connectivity index (χ0v) is 11.6. The van der Waals surface area contributed by atoms with Gasteiger partial charge in [0.05, 0.1) is 12.6 Å². The Labute approximate surface area is 113 Å². The second-order valence-corrected chi connectivity index (χ2v) is 5.23. The van der Waals surface area contributed by atoms with E-state index < -0.39 is 6.10 Å². The fourth-order valence-corrected chi connectivity index (χ4v) is 2.81. The Morgan fingerprint density at radius 3 is 2.05 bits per heavy atom. The van der Waals surface area contributed by atoms with Crippen molar-refractivity contribution in [3.63, 3.8) is 0 Å². The number of hydrogen-bond acceptors (Lipinski definition) is 3. The lowest BCUT2D eigenvalue weighted by atomic mass is 9.95. The van der Waals surface area contributed by atoms with Gasteiger partial charge in [-0.2, -0.15) is 0 Å². The Morgan fingerprint density at radius 1 is 1.11 bits per heavy atom. The van der Waals surface area contributed by atoms with Gasteiger partial charge in [-0.3, -0.25) is 14.5 Å². The van der Waals surface area contributed by atoms with Crippen LogP contribution in [0.1, 0.15) is 41.2 Å². The van der Waals surface area contributed by atoms with E-state index in [2.05, 4.69) is 0 Å². The van der Waals surface area contributed by atoms with E-state index in [0.29, 0.717) is 0 Å². The zero-order chi connectivity index (χ0) is 14.2. The topological polar surface area (TPSA) is 57.6 Å². The summed E-state index contributed by atoms with van der Waals surface area (Å²) in [5.74, 6) is -0.377. The fourth-order valence-electron chi connectivity index (χ4n) is 2.81. The molecule has 2 amide bonds. The van der Waals surface area contributed by atoms with E-state index in [1.54, 1.807) is 0 Å². The Morgan fingerprint density at radius 2 is 1.58 bits per heavy atom. The van der Waals surface area contributed by atoms with Gasteiger partial charge in [-0.1, -0.05) is 17.7 Å². The van der Waals surface area contributed by atoms with E-state index in [1.807, 2.05) is 32.9 Å². The first kappa shape index (κ1) is 13.7. The van der Waals surface area contributed by atoms with Crippen LogP contribution in [0.5, 0.6) is 0 Å². The van der Waals surface area contributed by atoms with Crippen molar-refractivity contribution in [2.45, 2.75) is 39.7 Å². The maximum Gasteiger partial charge on any atom is 0.229 e. The quantitative estimate of drug-likeness (QED) is 0.844. The van der Waals surface area contributed by atoms with Crippen molar-refractivity contribution < 1.29 is 14.7 Å². The van der Waals surface area contributed by atoms with E-state index in [1.165, 1.54) is 4.90 Å². The number of hydrogen-bond donors (Lipinski definition) is 1. The molecule has 1 saturated heterocycles. The number of nitrogens with zero attached hydrogens (tertiary/aromatic N) is 1. The van der Waals surface area contributed by atoms with E-state index in [-0.39, 0.29) is 31.2 Å². The molecule has 4 heteroatoms. The van der Waals surface area contributed by atoms with Crippen LogP contribution in [0.3, 0.4) is 0 Å². The summed E-state index contributed by atoms with van der Waals surface area (Å²) in [6.45, 7) is 5.93. The molecule has 1 aromatic rings. The molecule has 0 aromatic heterocycles. The highest BCUT2D eigenvalue weighted by Gasteiger charge is 2.31. The standard InChI is InChI=1S/C15H19NO3/c1-9-6-10(2)15(11(3)7-9)12(17)8-16-13(18)4-5-14(16)19/h6-7,12,17H,4-5,8H2,1-3H3. The van der Waals surface area contributed by atoms with Gasteiger partial charge in [0, 0.05) is 12.8 Å². The van der Waals surface area contributed by atoms with Crippen LogP contribution in [0.4, 0.5) is 0 Å². The highest BCUT2D eigenvalue weighted by Crippen LogP contribution is 2.25. The summed E-state index contributed by atoms with van der Waals surface area (Å²) in [5.41, 5.74) is 3.94. The van der Waals surface area contributed by atoms with Crippen LogP contribution in [0, 0.1) is 20.8 Å². The molecule has 1 N–H and O–H groups in total. The lowest BCUT2D eigenvalue weighted by molar-refractivity contribution is -0.140. The minimum Gasteiger partial charge on any atom is -0.387 e. The highest BCUT2D eigenvalue weighted by atomic mass is 16.3. The van der Waals surface area contributed by atoms with Gasteiger partial charge in [-0.05, 0) is 37.5 Å². The number of carbonyl (C=O) groups excluding carboxylic acids is 2. The number of imide groups is 1. The summed E-state index contributed by atoms with van der Waals surface area (Å²) in [5, 5.41) is 10.3. The fraction of sp³-hybridized carbons (Fsp3) is 0.467. The van der Waals surface area contributed by atoms with Crippen molar-refractivity contribution in [1.29, 1.82) is 0 Å². The molecule has 1 aliphatic heterocycles. The molecule has 0 aliphatic carbocycles. The highest BCUT2D eigenvalue weighted by molar-refractivity contribution is 6.01. The normalized spacial score (nSPS) is 17.2. The van der Waals surface area contributed by atoms with Gasteiger partial charge in [-0.15, -0.1) is 0 Å². The van der Waals surface area contributed by atoms with Crippen molar-refractivity contribution in [2.75, 3.05) is 6.54 Å². The van der Waals surface area contributed by atoms with Crippen LogP contribution in [-0.4, -0.2) is 28.4 Å². The Hall–Kier alpha value is -1.68. The van der Waals surface area contributed by atoms with Crippen molar-refractivity contribution in [3.8, 4) is 0 Å². The summed E-state index contributed by atoms with van der Waals surface area (Å²) < 4.78 is 0. The lowest BCUT2D eigenvalue weighted by Crippen LogP contribution is -2.33. The zero-order valence-electron chi connectivity index (χ0n) is 11.6. The van der Waals surface area contributed by atoms with Gasteiger partial charge < -0.3 is 5.11 Å². The molecule has 0 spiro atoms. The largest absolute Gasteiger partial charge is 0.387 e. The first-order valence-electron chi connectivity index (χ1n) is 6.49. The predicted octanol–water partition coefficient (Wildman–Crippen LogP) is 1.79. The van der Waals surface area contributed by atoms with Gasteiger partial charge >= 0.3 is 0 Å². The van der Waals surface area contributed by atoms with Crippen LogP contribution in [0.25, 0.3) is 0 Å². The second-order valence-electron chi connectivity index (χ2n) is 5.23. The Bertz CT molecular complexity index is 497. The van der Waals surface area contributed by atoms with E-state index in [0.717, 1.165) is 22.3 Å². The van der Waals surface area contributed by atoms with Gasteiger partial charge in [0.15, 0.2) is 0 Å². The van der Waals surface area contributed by atoms with Crippen molar-refractivity contribution >= 4 is 11.8 Å². The van der Waals surface area contributed by atoms with Crippen molar-refractivity contribution in [2.24, 2.45) is 0 Å². The molecule has 1 heterocycles. The molecule has 0 bridgehead atoms. The number of amides is 2. The van der Waals surface area contributed by atoms with Gasteiger partial charge in [0.1, 0.15) is 0 Å². The number of aliphatic hydroxyl groups is 1. The number of aliphatic hydroxyl groups excluding tert-OH is 1. The average molecular weight is 261 g/mol. The predicted molar refractivity (Wildman–Crippen MR) is 71.6 cm³/mol. The molecule has 4 nitrogen and oxygen atoms in total. The van der Waals surface area contributed by atoms with E-state index in [4.69, 9.17) is 0 Å². The van der Waals surface area contributed by atoms with Crippen molar-refractivity contribution in [1.82, 2.24) is 4.90 Å². The molecular weight excluding hydrogens is 242 g/mol. The molecular formula is C15H19NO3. The third-order valence-electron chi connectivity index (χ3n) is 3.58. The molecule has 1 atom stereocenters. The first-order valence-corrected chi connectivity index (χ1v) is 6.49. The lowest BCUT2D eigenvalue weighted by Gasteiger charge is -2.22. The SMILES string of the molecule is Cc1cc(C)c(C(O)CN2C(=O)CCC2=O)c(C)c1. The third-order valence-corrected chi connectivity index (χ3v) is 3.58. The summed E-state index contributed by atoms with van der Waals surface area (Å²) in [7, 11) is 0. The van der Waals surface area contributed by atoms with Crippen LogP contribution in [0.2, 0.25) is 0 Å². The average Bonchev–Trinajstić information content (AvgIpc) is 2.59. The van der Waals surface area contributed by atoms with Crippen molar-refractivity contribution in [3.05, 3.63) is 34.4 Å². The number of benzene rings is 1. The molecule has 102 valence electrons. The summed E-state index contributed by atoms with van der Waals surface area (Å²) in [6.07, 6.45) is -0.291. The Kier molecular flexibility index (Phi) is 3.71. The minimum absolute atomic E-state index is 0.0579. The minimum atomic E-state index is -0.813. The van der Waals surface area contributed by atoms with E-state index >= 15 is 0 Å².